The monoisotopic (exact) mass is 520 g/mol. The summed E-state index contributed by atoms with van der Waals surface area (Å²) in [5.41, 5.74) is 3.73. The van der Waals surface area contributed by atoms with E-state index >= 15 is 0 Å². The van der Waals surface area contributed by atoms with Gasteiger partial charge in [-0.15, -0.1) is 0 Å². The minimum absolute atomic E-state index is 0.0155. The van der Waals surface area contributed by atoms with Crippen LogP contribution in [0.2, 0.25) is 0 Å². The summed E-state index contributed by atoms with van der Waals surface area (Å²) in [6.07, 6.45) is 9.08. The normalized spacial score (nSPS) is 17.8. The van der Waals surface area contributed by atoms with Crippen molar-refractivity contribution in [3.05, 3.63) is 65.1 Å². The first-order valence-electron chi connectivity index (χ1n) is 13.9. The summed E-state index contributed by atoms with van der Waals surface area (Å²) in [6.45, 7) is 0.610. The van der Waals surface area contributed by atoms with Crippen LogP contribution < -0.4 is 4.74 Å². The van der Waals surface area contributed by atoms with Gasteiger partial charge in [0.1, 0.15) is 18.1 Å². The molecule has 1 fully saturated rings. The van der Waals surface area contributed by atoms with Gasteiger partial charge in [0.25, 0.3) is 0 Å². The van der Waals surface area contributed by atoms with Crippen LogP contribution in [0.3, 0.4) is 0 Å². The highest BCUT2D eigenvalue weighted by molar-refractivity contribution is 5.87. The number of halogens is 1. The number of carboxylic acids is 1. The van der Waals surface area contributed by atoms with Crippen LogP contribution in [-0.2, 0) is 35.4 Å². The van der Waals surface area contributed by atoms with Crippen LogP contribution >= 0.6 is 0 Å². The Balaban J connectivity index is 1.42. The molecule has 1 amide bonds. The van der Waals surface area contributed by atoms with Crippen LogP contribution in [0, 0.1) is 11.7 Å². The van der Waals surface area contributed by atoms with Crippen molar-refractivity contribution in [2.24, 2.45) is 5.92 Å². The summed E-state index contributed by atoms with van der Waals surface area (Å²) in [5, 5.41) is 10.3. The Bertz CT molecular complexity index is 1310. The van der Waals surface area contributed by atoms with Gasteiger partial charge in [0, 0.05) is 35.6 Å². The van der Waals surface area contributed by atoms with Crippen LogP contribution in [0.15, 0.2) is 42.5 Å². The number of hydrogen-bond donors (Lipinski definition) is 1. The number of benzene rings is 2. The summed E-state index contributed by atoms with van der Waals surface area (Å²) < 4.78 is 21.6. The molecule has 0 radical (unpaired) electrons. The van der Waals surface area contributed by atoms with E-state index in [2.05, 4.69) is 4.90 Å². The fourth-order valence-corrected chi connectivity index (χ4v) is 6.58. The molecule has 7 heteroatoms. The van der Waals surface area contributed by atoms with Crippen molar-refractivity contribution in [3.8, 4) is 5.75 Å². The van der Waals surface area contributed by atoms with Crippen molar-refractivity contribution in [2.75, 3.05) is 13.7 Å². The minimum atomic E-state index is -0.915. The highest BCUT2D eigenvalue weighted by Gasteiger charge is 2.33. The molecule has 5 rings (SSSR count). The molecular formula is C31H37FN2O4. The average Bonchev–Trinajstić information content (AvgIpc) is 3.22. The smallest absolute Gasteiger partial charge is 0.323 e. The molecule has 2 aromatic carbocycles. The number of aryl methyl sites for hydroxylation is 1. The first kappa shape index (κ1) is 26.3. The lowest BCUT2D eigenvalue weighted by atomic mass is 9.86. The predicted molar refractivity (Wildman–Crippen MR) is 145 cm³/mol. The highest BCUT2D eigenvalue weighted by Crippen LogP contribution is 2.36. The molecule has 0 unspecified atom stereocenters. The summed E-state index contributed by atoms with van der Waals surface area (Å²) in [6, 6.07) is 12.4. The van der Waals surface area contributed by atoms with Gasteiger partial charge >= 0.3 is 5.97 Å². The van der Waals surface area contributed by atoms with Gasteiger partial charge in [0.15, 0.2) is 0 Å². The molecule has 3 aromatic rings. The second-order valence-corrected chi connectivity index (χ2v) is 10.8. The van der Waals surface area contributed by atoms with E-state index in [0.29, 0.717) is 31.6 Å². The van der Waals surface area contributed by atoms with Gasteiger partial charge in [-0.3, -0.25) is 9.59 Å². The summed E-state index contributed by atoms with van der Waals surface area (Å²) in [4.78, 5) is 27.5. The second-order valence-electron chi connectivity index (χ2n) is 10.8. The van der Waals surface area contributed by atoms with Gasteiger partial charge in [0.2, 0.25) is 5.91 Å². The fraction of sp³-hybridized carbons (Fsp3) is 0.484. The maximum absolute atomic E-state index is 14.3. The lowest BCUT2D eigenvalue weighted by molar-refractivity contribution is -0.137. The molecule has 1 saturated carbocycles. The van der Waals surface area contributed by atoms with E-state index in [9.17, 15) is 19.1 Å². The zero-order valence-electron chi connectivity index (χ0n) is 22.1. The number of para-hydroxylation sites is 1. The number of carbonyl (C=O) groups excluding carboxylic acids is 1. The Morgan fingerprint density at radius 1 is 1.11 bits per heavy atom. The van der Waals surface area contributed by atoms with E-state index in [4.69, 9.17) is 4.74 Å². The number of carbonyl (C=O) groups is 2. The molecule has 0 spiro atoms. The number of carboxylic acid groups (broad SMARTS) is 1. The Morgan fingerprint density at radius 2 is 1.89 bits per heavy atom. The number of aromatic nitrogens is 1. The molecule has 1 heterocycles. The number of nitrogens with zero attached hydrogens (tertiary/aromatic N) is 2. The molecule has 38 heavy (non-hydrogen) atoms. The third kappa shape index (κ3) is 5.57. The lowest BCUT2D eigenvalue weighted by Gasteiger charge is -2.38. The summed E-state index contributed by atoms with van der Waals surface area (Å²) in [7, 11) is 1.65. The molecule has 1 N–H and O–H groups in total. The van der Waals surface area contributed by atoms with Crippen molar-refractivity contribution < 1.29 is 23.8 Å². The van der Waals surface area contributed by atoms with E-state index in [1.165, 1.54) is 31.4 Å². The van der Waals surface area contributed by atoms with E-state index in [-0.39, 0.29) is 24.3 Å². The van der Waals surface area contributed by atoms with Crippen molar-refractivity contribution in [1.29, 1.82) is 0 Å². The van der Waals surface area contributed by atoms with Crippen molar-refractivity contribution >= 4 is 22.8 Å². The Kier molecular flexibility index (Phi) is 8.01. The number of ether oxygens (including phenoxy) is 1. The molecular weight excluding hydrogens is 483 g/mol. The highest BCUT2D eigenvalue weighted by atomic mass is 19.1. The Morgan fingerprint density at radius 3 is 2.66 bits per heavy atom. The van der Waals surface area contributed by atoms with Gasteiger partial charge in [-0.1, -0.05) is 37.5 Å². The van der Waals surface area contributed by atoms with Crippen LogP contribution in [0.1, 0.15) is 61.8 Å². The fourth-order valence-electron chi connectivity index (χ4n) is 6.58. The van der Waals surface area contributed by atoms with E-state index in [0.717, 1.165) is 59.3 Å². The molecule has 0 aliphatic heterocycles. The molecule has 0 saturated heterocycles. The Labute approximate surface area is 223 Å². The molecule has 2 aliphatic carbocycles. The quantitative estimate of drug-likeness (QED) is 0.389. The number of amides is 1. The van der Waals surface area contributed by atoms with Gasteiger partial charge < -0.3 is 19.3 Å². The minimum Gasteiger partial charge on any atom is -0.496 e. The first-order valence-corrected chi connectivity index (χ1v) is 13.9. The molecule has 6 nitrogen and oxygen atoms in total. The largest absolute Gasteiger partial charge is 0.496 e. The van der Waals surface area contributed by atoms with E-state index in [1.54, 1.807) is 13.2 Å². The molecule has 1 atom stereocenters. The molecule has 202 valence electrons. The van der Waals surface area contributed by atoms with Gasteiger partial charge in [-0.2, -0.15) is 0 Å². The van der Waals surface area contributed by atoms with Crippen molar-refractivity contribution in [3.63, 3.8) is 0 Å². The zero-order chi connectivity index (χ0) is 26.6. The summed E-state index contributed by atoms with van der Waals surface area (Å²) in [5.74, 6) is 0.208. The van der Waals surface area contributed by atoms with Crippen LogP contribution in [0.5, 0.6) is 5.75 Å². The molecule has 2 aliphatic rings. The zero-order valence-corrected chi connectivity index (χ0v) is 22.1. The van der Waals surface area contributed by atoms with Gasteiger partial charge in [0.05, 0.1) is 7.11 Å². The number of methoxy groups -OCH3 is 1. The van der Waals surface area contributed by atoms with Crippen molar-refractivity contribution in [2.45, 2.75) is 76.8 Å². The van der Waals surface area contributed by atoms with Crippen LogP contribution in [-0.4, -0.2) is 46.1 Å². The lowest BCUT2D eigenvalue weighted by Crippen LogP contribution is -2.46. The van der Waals surface area contributed by atoms with Crippen LogP contribution in [0.4, 0.5) is 4.39 Å². The number of rotatable bonds is 9. The Hall–Kier alpha value is -3.35. The number of fused-ring (bicyclic) bond motifs is 3. The maximum atomic E-state index is 14.3. The maximum Gasteiger partial charge on any atom is 0.323 e. The topological polar surface area (TPSA) is 71.8 Å². The van der Waals surface area contributed by atoms with Crippen LogP contribution in [0.25, 0.3) is 10.9 Å². The number of aliphatic carboxylic acids is 1. The number of hydrogen-bond acceptors (Lipinski definition) is 3. The van der Waals surface area contributed by atoms with E-state index in [1.807, 2.05) is 28.8 Å². The van der Waals surface area contributed by atoms with Gasteiger partial charge in [-0.25, -0.2) is 4.39 Å². The second kappa shape index (κ2) is 11.6. The SMILES string of the molecule is COc1ccccc1CCC(=O)N(CC1CCCCC1)[C@H]1CCc2c(c3cc(F)ccc3n2CC(=O)O)C1. The molecule has 1 aromatic heterocycles. The van der Waals surface area contributed by atoms with Crippen molar-refractivity contribution in [1.82, 2.24) is 9.47 Å². The molecule has 0 bridgehead atoms. The summed E-state index contributed by atoms with van der Waals surface area (Å²) >= 11 is 0. The third-order valence-electron chi connectivity index (χ3n) is 8.44. The van der Waals surface area contributed by atoms with Gasteiger partial charge in [-0.05, 0) is 79.8 Å². The first-order chi connectivity index (χ1) is 18.4. The standard InChI is InChI=1S/C31H37FN2O4/c1-38-29-10-6-5-9-22(29)11-16-30(35)33(19-21-7-3-2-4-8-21)24-13-15-28-26(18-24)25-17-23(32)12-14-27(25)34(28)20-31(36)37/h5-6,9-10,12,14,17,21,24H,2-4,7-8,11,13,15-16,18-20H2,1H3,(H,36,37)/t24-/m0/s1. The van der Waals surface area contributed by atoms with E-state index < -0.39 is 5.97 Å². The predicted octanol–water partition coefficient (Wildman–Crippen LogP) is 5.77. The average molecular weight is 521 g/mol. The third-order valence-corrected chi connectivity index (χ3v) is 8.44.